The van der Waals surface area contributed by atoms with Crippen LogP contribution in [0.15, 0.2) is 65.5 Å². The predicted octanol–water partition coefficient (Wildman–Crippen LogP) is 7.33. The van der Waals surface area contributed by atoms with Gasteiger partial charge in [-0.15, -0.1) is 11.3 Å². The van der Waals surface area contributed by atoms with Gasteiger partial charge in [0.15, 0.2) is 5.43 Å². The van der Waals surface area contributed by atoms with Crippen LogP contribution in [0, 0.1) is 6.92 Å². The highest BCUT2D eigenvalue weighted by atomic mass is 32.1. The van der Waals surface area contributed by atoms with Gasteiger partial charge < -0.3 is 0 Å². The Balaban J connectivity index is 1.88. The zero-order valence-corrected chi connectivity index (χ0v) is 17.4. The first-order valence-corrected chi connectivity index (χ1v) is 10.5. The summed E-state index contributed by atoms with van der Waals surface area (Å²) in [5.74, 6) is 0. The van der Waals surface area contributed by atoms with Crippen molar-refractivity contribution in [3.05, 3.63) is 82.0 Å². The van der Waals surface area contributed by atoms with Gasteiger partial charge in [-0.2, -0.15) is 0 Å². The first kappa shape index (κ1) is 17.4. The van der Waals surface area contributed by atoms with Crippen LogP contribution in [0.25, 0.3) is 41.7 Å². The van der Waals surface area contributed by atoms with Gasteiger partial charge in [0, 0.05) is 20.2 Å². The van der Waals surface area contributed by atoms with Crippen molar-refractivity contribution in [3.63, 3.8) is 0 Å². The summed E-state index contributed by atoms with van der Waals surface area (Å²) in [6.07, 6.45) is 0. The summed E-state index contributed by atoms with van der Waals surface area (Å²) in [7, 11) is 0. The van der Waals surface area contributed by atoms with E-state index in [4.69, 9.17) is 0 Å². The van der Waals surface area contributed by atoms with E-state index in [1.807, 2.05) is 0 Å². The van der Waals surface area contributed by atoms with Crippen LogP contribution < -0.4 is 5.43 Å². The van der Waals surface area contributed by atoms with Crippen LogP contribution in [0.5, 0.6) is 0 Å². The van der Waals surface area contributed by atoms with E-state index in [1.54, 1.807) is 11.3 Å². The van der Waals surface area contributed by atoms with Crippen LogP contribution in [0.4, 0.5) is 0 Å². The molecule has 0 saturated heterocycles. The lowest BCUT2D eigenvalue weighted by Crippen LogP contribution is -2.12. The molecule has 0 aliphatic rings. The van der Waals surface area contributed by atoms with Crippen LogP contribution in [0.3, 0.4) is 0 Å². The topological polar surface area (TPSA) is 17.1 Å². The van der Waals surface area contributed by atoms with Crippen LogP contribution in [-0.4, -0.2) is 0 Å². The van der Waals surface area contributed by atoms with Crippen LogP contribution >= 0.6 is 11.3 Å². The lowest BCUT2D eigenvalue weighted by atomic mass is 9.86. The molecule has 28 heavy (non-hydrogen) atoms. The second-order valence-electron chi connectivity index (χ2n) is 8.74. The van der Waals surface area contributed by atoms with Gasteiger partial charge in [-0.25, -0.2) is 0 Å². The van der Waals surface area contributed by atoms with Crippen molar-refractivity contribution >= 4 is 53.1 Å². The minimum atomic E-state index is 0.0279. The van der Waals surface area contributed by atoms with Crippen molar-refractivity contribution in [3.8, 4) is 0 Å². The van der Waals surface area contributed by atoms with Crippen molar-refractivity contribution in [2.24, 2.45) is 0 Å². The predicted molar refractivity (Wildman–Crippen MR) is 124 cm³/mol. The van der Waals surface area contributed by atoms with Gasteiger partial charge in [-0.3, -0.25) is 4.79 Å². The quantitative estimate of drug-likeness (QED) is 0.256. The molecular weight excluding hydrogens is 360 g/mol. The number of benzene rings is 4. The van der Waals surface area contributed by atoms with Gasteiger partial charge in [-0.1, -0.05) is 45.0 Å². The smallest absolute Gasteiger partial charge is 0.195 e. The summed E-state index contributed by atoms with van der Waals surface area (Å²) in [5, 5.41) is 6.47. The van der Waals surface area contributed by atoms with E-state index in [-0.39, 0.29) is 10.8 Å². The van der Waals surface area contributed by atoms with Gasteiger partial charge in [0.25, 0.3) is 0 Å². The molecule has 0 radical (unpaired) electrons. The van der Waals surface area contributed by atoms with Crippen LogP contribution in [0.1, 0.15) is 31.9 Å². The largest absolute Gasteiger partial charge is 0.289 e. The van der Waals surface area contributed by atoms with Gasteiger partial charge in [0.1, 0.15) is 0 Å². The molecule has 0 spiro atoms. The summed E-state index contributed by atoms with van der Waals surface area (Å²) >= 11 is 1.71. The molecular formula is C26H22OS. The van der Waals surface area contributed by atoms with Crippen molar-refractivity contribution in [1.29, 1.82) is 0 Å². The molecule has 1 nitrogen and oxygen atoms in total. The average Bonchev–Trinajstić information content (AvgIpc) is 2.65. The third-order valence-electron chi connectivity index (χ3n) is 5.71. The van der Waals surface area contributed by atoms with Crippen LogP contribution in [0.2, 0.25) is 0 Å². The molecule has 0 N–H and O–H groups in total. The maximum absolute atomic E-state index is 13.3. The summed E-state index contributed by atoms with van der Waals surface area (Å²) < 4.78 is 2.11. The summed E-state index contributed by atoms with van der Waals surface area (Å²) in [4.78, 5) is 13.3. The second-order valence-corrected chi connectivity index (χ2v) is 9.82. The minimum absolute atomic E-state index is 0.0279. The molecule has 1 heterocycles. The van der Waals surface area contributed by atoms with Crippen molar-refractivity contribution < 1.29 is 0 Å². The van der Waals surface area contributed by atoms with Gasteiger partial charge in [0.2, 0.25) is 0 Å². The molecule has 5 aromatic rings. The van der Waals surface area contributed by atoms with E-state index >= 15 is 0 Å². The molecule has 0 aliphatic carbocycles. The fourth-order valence-corrected chi connectivity index (χ4v) is 5.08. The number of rotatable bonds is 0. The molecule has 4 aromatic carbocycles. The number of hydrogen-bond donors (Lipinski definition) is 0. The Morgan fingerprint density at radius 2 is 1.43 bits per heavy atom. The maximum atomic E-state index is 13.3. The summed E-state index contributed by atoms with van der Waals surface area (Å²) in [5.41, 5.74) is 2.63. The fourth-order valence-electron chi connectivity index (χ4n) is 4.00. The lowest BCUT2D eigenvalue weighted by molar-refractivity contribution is 0.591. The average molecular weight is 383 g/mol. The highest BCUT2D eigenvalue weighted by Crippen LogP contribution is 2.33. The van der Waals surface area contributed by atoms with Crippen molar-refractivity contribution in [1.82, 2.24) is 0 Å². The molecule has 0 aliphatic heterocycles. The highest BCUT2D eigenvalue weighted by molar-refractivity contribution is 7.24. The molecule has 138 valence electrons. The van der Waals surface area contributed by atoms with Crippen LogP contribution in [-0.2, 0) is 5.41 Å². The molecule has 5 rings (SSSR count). The normalized spacial score (nSPS) is 12.4. The van der Waals surface area contributed by atoms with E-state index in [9.17, 15) is 4.79 Å². The van der Waals surface area contributed by atoms with Gasteiger partial charge >= 0.3 is 0 Å². The van der Waals surface area contributed by atoms with Crippen molar-refractivity contribution in [2.75, 3.05) is 0 Å². The number of fused-ring (bicyclic) bond motifs is 4. The molecule has 0 unspecified atom stereocenters. The highest BCUT2D eigenvalue weighted by Gasteiger charge is 2.16. The van der Waals surface area contributed by atoms with E-state index in [0.29, 0.717) is 0 Å². The van der Waals surface area contributed by atoms with Crippen molar-refractivity contribution in [2.45, 2.75) is 33.1 Å². The number of hydrogen-bond acceptors (Lipinski definition) is 2. The van der Waals surface area contributed by atoms with Gasteiger partial charge in [0.05, 0.1) is 0 Å². The second kappa shape index (κ2) is 5.89. The fraction of sp³-hybridized carbons (Fsp3) is 0.192. The molecule has 1 aromatic heterocycles. The Labute approximate surface area is 168 Å². The SMILES string of the molecule is Cc1cccc2cc3cc4sc5ccc(C(C)(C)C)cc5c(=O)c4cc3cc12. The summed E-state index contributed by atoms with van der Waals surface area (Å²) in [6, 6.07) is 21.5. The third kappa shape index (κ3) is 2.63. The third-order valence-corrected chi connectivity index (χ3v) is 6.84. The molecule has 0 atom stereocenters. The van der Waals surface area contributed by atoms with Gasteiger partial charge in [-0.05, 0) is 81.4 Å². The number of aryl methyl sites for hydroxylation is 1. The first-order chi connectivity index (χ1) is 13.3. The van der Waals surface area contributed by atoms with E-state index < -0.39 is 0 Å². The molecule has 0 bridgehead atoms. The monoisotopic (exact) mass is 382 g/mol. The standard InChI is InChI=1S/C26H22OS/c1-15-6-5-7-16-10-17-13-24-21(12-18(17)11-20(15)16)25(27)22-14-19(26(2,3)4)8-9-23(22)28-24/h5-14H,1-4H3. The maximum Gasteiger partial charge on any atom is 0.195 e. The lowest BCUT2D eigenvalue weighted by Gasteiger charge is -2.19. The Morgan fingerprint density at radius 1 is 0.714 bits per heavy atom. The Bertz CT molecular complexity index is 1470. The molecule has 0 fully saturated rings. The first-order valence-electron chi connectivity index (χ1n) is 9.65. The zero-order valence-electron chi connectivity index (χ0n) is 16.6. The Hall–Kier alpha value is -2.71. The van der Waals surface area contributed by atoms with E-state index in [1.165, 1.54) is 27.3 Å². The van der Waals surface area contributed by atoms with E-state index in [2.05, 4.69) is 88.4 Å². The Morgan fingerprint density at radius 3 is 2.21 bits per heavy atom. The minimum Gasteiger partial charge on any atom is -0.289 e. The molecule has 0 amide bonds. The summed E-state index contributed by atoms with van der Waals surface area (Å²) in [6.45, 7) is 8.69. The van der Waals surface area contributed by atoms with E-state index in [0.717, 1.165) is 25.6 Å². The molecule has 2 heteroatoms. The molecule has 0 saturated carbocycles. The Kier molecular flexibility index (Phi) is 3.66. The zero-order chi connectivity index (χ0) is 19.6.